The fourth-order valence-corrected chi connectivity index (χ4v) is 1.36. The highest BCUT2D eigenvalue weighted by Gasteiger charge is 2.04. The fraction of sp³-hybridized carbons (Fsp3) is 0.455. The number of unbranched alkanes of at least 4 members (excludes halogenated alkanes) is 2. The van der Waals surface area contributed by atoms with Gasteiger partial charge in [0.15, 0.2) is 0 Å². The zero-order chi connectivity index (χ0) is 11.3. The van der Waals surface area contributed by atoms with Crippen molar-refractivity contribution >= 4 is 5.97 Å². The van der Waals surface area contributed by atoms with Crippen LogP contribution in [-0.4, -0.2) is 15.6 Å². The molecule has 0 aromatic carbocycles. The van der Waals surface area contributed by atoms with Crippen molar-refractivity contribution in [3.05, 3.63) is 34.2 Å². The minimum absolute atomic E-state index is 0.142. The third kappa shape index (κ3) is 3.23. The number of aromatic nitrogens is 1. The molecular weight excluding hydrogens is 194 g/mol. The molecule has 0 spiro atoms. The predicted molar refractivity (Wildman–Crippen MR) is 57.2 cm³/mol. The summed E-state index contributed by atoms with van der Waals surface area (Å²) >= 11 is 0. The van der Waals surface area contributed by atoms with Crippen LogP contribution in [0.15, 0.2) is 23.1 Å². The number of carboxylic acid groups (broad SMARTS) is 1. The molecule has 1 aromatic rings. The zero-order valence-corrected chi connectivity index (χ0v) is 8.77. The number of hydrogen-bond acceptors (Lipinski definition) is 2. The maximum atomic E-state index is 11.4. The van der Waals surface area contributed by atoms with Gasteiger partial charge >= 0.3 is 5.97 Å². The lowest BCUT2D eigenvalue weighted by Gasteiger charge is -2.05. The van der Waals surface area contributed by atoms with Gasteiger partial charge in [-0.05, 0) is 12.5 Å². The summed E-state index contributed by atoms with van der Waals surface area (Å²) in [4.78, 5) is 22.0. The lowest BCUT2D eigenvalue weighted by molar-refractivity contribution is 0.0696. The van der Waals surface area contributed by atoms with Gasteiger partial charge in [-0.1, -0.05) is 19.8 Å². The number of nitrogens with zero attached hydrogens (tertiary/aromatic N) is 1. The molecule has 1 heterocycles. The third-order valence-corrected chi connectivity index (χ3v) is 2.23. The van der Waals surface area contributed by atoms with Crippen molar-refractivity contribution in [3.8, 4) is 0 Å². The van der Waals surface area contributed by atoms with Crippen molar-refractivity contribution in [2.75, 3.05) is 0 Å². The Morgan fingerprint density at radius 2 is 2.13 bits per heavy atom. The second kappa shape index (κ2) is 5.34. The van der Waals surface area contributed by atoms with Crippen LogP contribution in [0.4, 0.5) is 0 Å². The lowest BCUT2D eigenvalue weighted by atomic mass is 10.2. The molecule has 0 aliphatic heterocycles. The fourth-order valence-electron chi connectivity index (χ4n) is 1.36. The number of aromatic carboxylic acids is 1. The highest BCUT2D eigenvalue weighted by atomic mass is 16.4. The minimum Gasteiger partial charge on any atom is -0.478 e. The molecular formula is C11H15NO3. The molecule has 0 unspecified atom stereocenters. The van der Waals surface area contributed by atoms with Crippen molar-refractivity contribution in [1.29, 1.82) is 0 Å². The van der Waals surface area contributed by atoms with Gasteiger partial charge in [0.2, 0.25) is 0 Å². The number of hydrogen-bond donors (Lipinski definition) is 1. The molecule has 0 amide bonds. The van der Waals surface area contributed by atoms with Gasteiger partial charge < -0.3 is 9.67 Å². The monoisotopic (exact) mass is 209 g/mol. The molecule has 0 aliphatic carbocycles. The van der Waals surface area contributed by atoms with Gasteiger partial charge in [0.05, 0.1) is 5.56 Å². The lowest BCUT2D eigenvalue weighted by Crippen LogP contribution is -2.20. The Morgan fingerprint density at radius 3 is 2.73 bits per heavy atom. The second-order valence-electron chi connectivity index (χ2n) is 3.46. The Morgan fingerprint density at radius 1 is 1.40 bits per heavy atom. The Kier molecular flexibility index (Phi) is 4.09. The highest BCUT2D eigenvalue weighted by Crippen LogP contribution is 1.99. The summed E-state index contributed by atoms with van der Waals surface area (Å²) in [7, 11) is 0. The van der Waals surface area contributed by atoms with E-state index in [-0.39, 0.29) is 11.1 Å². The van der Waals surface area contributed by atoms with Crippen LogP contribution in [0.1, 0.15) is 36.5 Å². The molecule has 0 bridgehead atoms. The zero-order valence-electron chi connectivity index (χ0n) is 8.77. The topological polar surface area (TPSA) is 59.3 Å². The third-order valence-electron chi connectivity index (χ3n) is 2.23. The molecule has 0 atom stereocenters. The molecule has 0 saturated carbocycles. The number of pyridine rings is 1. The van der Waals surface area contributed by atoms with Gasteiger partial charge in [-0.25, -0.2) is 4.79 Å². The Bertz CT molecular complexity index is 395. The van der Waals surface area contributed by atoms with Gasteiger partial charge in [0, 0.05) is 18.8 Å². The first-order valence-electron chi connectivity index (χ1n) is 5.09. The molecule has 0 aliphatic rings. The van der Waals surface area contributed by atoms with Crippen LogP contribution in [0.25, 0.3) is 0 Å². The van der Waals surface area contributed by atoms with E-state index in [0.29, 0.717) is 6.54 Å². The minimum atomic E-state index is -1.00. The van der Waals surface area contributed by atoms with E-state index >= 15 is 0 Å². The Labute approximate surface area is 88.2 Å². The maximum Gasteiger partial charge on any atom is 0.337 e. The van der Waals surface area contributed by atoms with Crippen LogP contribution in [0.3, 0.4) is 0 Å². The summed E-state index contributed by atoms with van der Waals surface area (Å²) in [5.74, 6) is -1.00. The maximum absolute atomic E-state index is 11.4. The van der Waals surface area contributed by atoms with Crippen molar-refractivity contribution in [2.45, 2.75) is 32.7 Å². The summed E-state index contributed by atoms with van der Waals surface area (Å²) in [5, 5.41) is 8.76. The highest BCUT2D eigenvalue weighted by molar-refractivity contribution is 5.87. The summed E-state index contributed by atoms with van der Waals surface area (Å²) in [5.41, 5.74) is 0.0159. The molecule has 1 aromatic heterocycles. The molecule has 15 heavy (non-hydrogen) atoms. The average Bonchev–Trinajstić information content (AvgIpc) is 2.20. The molecule has 4 heteroatoms. The first-order chi connectivity index (χ1) is 7.15. The molecule has 82 valence electrons. The SMILES string of the molecule is CCCCCn1cc(C(=O)O)ccc1=O. The van der Waals surface area contributed by atoms with E-state index in [1.54, 1.807) is 0 Å². The van der Waals surface area contributed by atoms with Crippen LogP contribution in [0.5, 0.6) is 0 Å². The molecule has 4 nitrogen and oxygen atoms in total. The van der Waals surface area contributed by atoms with Crippen molar-refractivity contribution < 1.29 is 9.90 Å². The van der Waals surface area contributed by atoms with E-state index in [9.17, 15) is 9.59 Å². The first-order valence-corrected chi connectivity index (χ1v) is 5.09. The van der Waals surface area contributed by atoms with Gasteiger partial charge in [-0.3, -0.25) is 4.79 Å². The van der Waals surface area contributed by atoms with E-state index in [4.69, 9.17) is 5.11 Å². The molecule has 1 N–H and O–H groups in total. The van der Waals surface area contributed by atoms with Crippen LogP contribution in [-0.2, 0) is 6.54 Å². The summed E-state index contributed by atoms with van der Waals surface area (Å²) in [6.45, 7) is 2.67. The van der Waals surface area contributed by atoms with E-state index in [1.165, 1.54) is 22.9 Å². The standard InChI is InChI=1S/C11H15NO3/c1-2-3-4-7-12-8-9(11(14)15)5-6-10(12)13/h5-6,8H,2-4,7H2,1H3,(H,14,15). The van der Waals surface area contributed by atoms with E-state index < -0.39 is 5.97 Å². The number of aryl methyl sites for hydroxylation is 1. The van der Waals surface area contributed by atoms with Crippen LogP contribution >= 0.6 is 0 Å². The molecule has 0 radical (unpaired) electrons. The second-order valence-corrected chi connectivity index (χ2v) is 3.46. The summed E-state index contributed by atoms with van der Waals surface area (Å²) in [6, 6.07) is 2.64. The van der Waals surface area contributed by atoms with E-state index in [0.717, 1.165) is 19.3 Å². The van der Waals surface area contributed by atoms with Crippen molar-refractivity contribution in [2.24, 2.45) is 0 Å². The first kappa shape index (κ1) is 11.5. The summed E-state index contributed by atoms with van der Waals surface area (Å²) < 4.78 is 1.46. The molecule has 0 fully saturated rings. The number of rotatable bonds is 5. The van der Waals surface area contributed by atoms with Gasteiger partial charge in [0.25, 0.3) is 5.56 Å². The van der Waals surface area contributed by atoms with E-state index in [2.05, 4.69) is 6.92 Å². The van der Waals surface area contributed by atoms with Gasteiger partial charge in [-0.15, -0.1) is 0 Å². The average molecular weight is 209 g/mol. The Hall–Kier alpha value is -1.58. The smallest absolute Gasteiger partial charge is 0.337 e. The van der Waals surface area contributed by atoms with Crippen LogP contribution in [0.2, 0.25) is 0 Å². The van der Waals surface area contributed by atoms with Crippen LogP contribution < -0.4 is 5.56 Å². The number of carbonyl (C=O) groups is 1. The van der Waals surface area contributed by atoms with Crippen LogP contribution in [0, 0.1) is 0 Å². The Balaban J connectivity index is 2.81. The quantitative estimate of drug-likeness (QED) is 0.751. The molecule has 0 saturated heterocycles. The largest absolute Gasteiger partial charge is 0.478 e. The van der Waals surface area contributed by atoms with Gasteiger partial charge in [-0.2, -0.15) is 0 Å². The van der Waals surface area contributed by atoms with Crippen molar-refractivity contribution in [1.82, 2.24) is 4.57 Å². The van der Waals surface area contributed by atoms with Gasteiger partial charge in [0.1, 0.15) is 0 Å². The number of carboxylic acids is 1. The molecule has 1 rings (SSSR count). The summed E-state index contributed by atoms with van der Waals surface area (Å²) in [6.07, 6.45) is 4.43. The normalized spacial score (nSPS) is 10.2. The predicted octanol–water partition coefficient (Wildman–Crippen LogP) is 1.74. The van der Waals surface area contributed by atoms with E-state index in [1.807, 2.05) is 0 Å². The van der Waals surface area contributed by atoms with Crippen molar-refractivity contribution in [3.63, 3.8) is 0 Å².